The summed E-state index contributed by atoms with van der Waals surface area (Å²) in [6.45, 7) is 5.55. The molecule has 3 rings (SSSR count). The van der Waals surface area contributed by atoms with Gasteiger partial charge in [0.1, 0.15) is 5.82 Å². The second-order valence-electron chi connectivity index (χ2n) is 6.49. The molecule has 1 aliphatic rings. The van der Waals surface area contributed by atoms with Gasteiger partial charge in [-0.3, -0.25) is 4.79 Å². The molecule has 0 spiro atoms. The summed E-state index contributed by atoms with van der Waals surface area (Å²) in [5.41, 5.74) is 1.03. The fourth-order valence-electron chi connectivity index (χ4n) is 3.34. The highest BCUT2D eigenvalue weighted by molar-refractivity contribution is 5.76. The molecule has 1 aliphatic heterocycles. The highest BCUT2D eigenvalue weighted by Gasteiger charge is 2.27. The van der Waals surface area contributed by atoms with Crippen molar-refractivity contribution in [1.29, 1.82) is 0 Å². The van der Waals surface area contributed by atoms with Crippen LogP contribution in [-0.2, 0) is 24.7 Å². The summed E-state index contributed by atoms with van der Waals surface area (Å²) in [6, 6.07) is 0. The highest BCUT2D eigenvalue weighted by Crippen LogP contribution is 2.26. The first-order chi connectivity index (χ1) is 11.6. The monoisotopic (exact) mass is 331 g/mol. The van der Waals surface area contributed by atoms with Crippen molar-refractivity contribution in [3.63, 3.8) is 0 Å². The highest BCUT2D eigenvalue weighted by atomic mass is 16.5. The van der Waals surface area contributed by atoms with Crippen LogP contribution in [0.3, 0.4) is 0 Å². The van der Waals surface area contributed by atoms with Crippen molar-refractivity contribution in [1.82, 2.24) is 24.6 Å². The first-order valence-electron chi connectivity index (χ1n) is 8.66. The Kier molecular flexibility index (Phi) is 4.97. The molecule has 3 heterocycles. The first kappa shape index (κ1) is 16.7. The van der Waals surface area contributed by atoms with Crippen LogP contribution in [0.1, 0.15) is 55.3 Å². The van der Waals surface area contributed by atoms with Crippen molar-refractivity contribution in [3.05, 3.63) is 29.4 Å². The second-order valence-corrected chi connectivity index (χ2v) is 6.49. The molecule has 0 bridgehead atoms. The van der Waals surface area contributed by atoms with Crippen LogP contribution >= 0.6 is 0 Å². The summed E-state index contributed by atoms with van der Waals surface area (Å²) in [7, 11) is 2.02. The van der Waals surface area contributed by atoms with Crippen LogP contribution in [0.4, 0.5) is 0 Å². The third-order valence-corrected chi connectivity index (χ3v) is 4.55. The van der Waals surface area contributed by atoms with Gasteiger partial charge in [-0.2, -0.15) is 4.98 Å². The Bertz CT molecular complexity index is 706. The maximum atomic E-state index is 12.5. The van der Waals surface area contributed by atoms with Crippen molar-refractivity contribution in [2.75, 3.05) is 13.1 Å². The van der Waals surface area contributed by atoms with Crippen LogP contribution in [0.5, 0.6) is 0 Å². The van der Waals surface area contributed by atoms with Gasteiger partial charge >= 0.3 is 0 Å². The molecule has 0 aromatic carbocycles. The van der Waals surface area contributed by atoms with Crippen molar-refractivity contribution in [2.45, 2.75) is 51.9 Å². The van der Waals surface area contributed by atoms with E-state index in [1.807, 2.05) is 32.0 Å². The molecule has 1 fully saturated rings. The molecule has 2 aromatic heterocycles. The zero-order chi connectivity index (χ0) is 17.1. The average Bonchev–Trinajstić information content (AvgIpc) is 3.18. The molecule has 7 nitrogen and oxygen atoms in total. The largest absolute Gasteiger partial charge is 0.342 e. The van der Waals surface area contributed by atoms with E-state index in [1.54, 1.807) is 0 Å². The van der Waals surface area contributed by atoms with Crippen molar-refractivity contribution < 1.29 is 9.32 Å². The number of likely N-dealkylation sites (tertiary alicyclic amines) is 1. The standard InChI is InChI=1S/C17H25N5O2/c1-4-14-19-15(24-20-14)7-8-16(23)22-9-5-6-13(11-22)17-18-12(2)10-21(17)3/h10,13H,4-9,11H2,1-3H3/t13-/m1/s1. The van der Waals surface area contributed by atoms with E-state index in [-0.39, 0.29) is 5.91 Å². The van der Waals surface area contributed by atoms with E-state index < -0.39 is 0 Å². The van der Waals surface area contributed by atoms with Gasteiger partial charge in [-0.15, -0.1) is 0 Å². The molecular weight excluding hydrogens is 306 g/mol. The third-order valence-electron chi connectivity index (χ3n) is 4.55. The maximum absolute atomic E-state index is 12.5. The van der Waals surface area contributed by atoms with Gasteiger partial charge in [0.2, 0.25) is 11.8 Å². The fourth-order valence-corrected chi connectivity index (χ4v) is 3.34. The van der Waals surface area contributed by atoms with Gasteiger partial charge in [0.15, 0.2) is 5.82 Å². The summed E-state index contributed by atoms with van der Waals surface area (Å²) in [5, 5.41) is 3.87. The van der Waals surface area contributed by atoms with Crippen LogP contribution in [-0.4, -0.2) is 43.6 Å². The Labute approximate surface area is 142 Å². The molecule has 24 heavy (non-hydrogen) atoms. The Morgan fingerprint density at radius 3 is 2.92 bits per heavy atom. The van der Waals surface area contributed by atoms with E-state index in [1.165, 1.54) is 0 Å². The minimum absolute atomic E-state index is 0.155. The van der Waals surface area contributed by atoms with Crippen LogP contribution in [0.2, 0.25) is 0 Å². The lowest BCUT2D eigenvalue weighted by molar-refractivity contribution is -0.132. The molecule has 1 atom stereocenters. The molecular formula is C17H25N5O2. The molecule has 0 radical (unpaired) electrons. The number of aryl methyl sites for hydroxylation is 4. The number of carbonyl (C=O) groups is 1. The smallest absolute Gasteiger partial charge is 0.227 e. The number of piperidine rings is 1. The minimum atomic E-state index is 0.155. The van der Waals surface area contributed by atoms with Gasteiger partial charge in [-0.1, -0.05) is 12.1 Å². The number of aromatic nitrogens is 4. The van der Waals surface area contributed by atoms with Gasteiger partial charge in [-0.05, 0) is 19.8 Å². The zero-order valence-corrected chi connectivity index (χ0v) is 14.7. The van der Waals surface area contributed by atoms with E-state index in [0.717, 1.165) is 43.9 Å². The van der Waals surface area contributed by atoms with E-state index in [2.05, 4.69) is 19.7 Å². The topological polar surface area (TPSA) is 77.0 Å². The van der Waals surface area contributed by atoms with Gasteiger partial charge in [0.25, 0.3) is 0 Å². The molecule has 0 saturated carbocycles. The van der Waals surface area contributed by atoms with Gasteiger partial charge in [0.05, 0.1) is 5.69 Å². The minimum Gasteiger partial charge on any atom is -0.342 e. The number of hydrogen-bond donors (Lipinski definition) is 0. The molecule has 1 saturated heterocycles. The summed E-state index contributed by atoms with van der Waals surface area (Å²) in [4.78, 5) is 23.4. The third kappa shape index (κ3) is 3.66. The molecule has 2 aromatic rings. The number of imidazole rings is 1. The molecule has 0 N–H and O–H groups in total. The maximum Gasteiger partial charge on any atom is 0.227 e. The van der Waals surface area contributed by atoms with Crippen LogP contribution in [0, 0.1) is 6.92 Å². The number of rotatable bonds is 5. The summed E-state index contributed by atoms with van der Waals surface area (Å²) in [6.07, 6.45) is 5.80. The van der Waals surface area contributed by atoms with Gasteiger partial charge < -0.3 is 14.0 Å². The summed E-state index contributed by atoms with van der Waals surface area (Å²) in [5.74, 6) is 2.79. The summed E-state index contributed by atoms with van der Waals surface area (Å²) < 4.78 is 7.24. The number of carbonyl (C=O) groups excluding carboxylic acids is 1. The SMILES string of the molecule is CCc1noc(CCC(=O)N2CCC[C@@H](c3nc(C)cn3C)C2)n1. The lowest BCUT2D eigenvalue weighted by Gasteiger charge is -2.32. The predicted octanol–water partition coefficient (Wildman–Crippen LogP) is 2.01. The quantitative estimate of drug-likeness (QED) is 0.837. The van der Waals surface area contributed by atoms with E-state index in [0.29, 0.717) is 30.5 Å². The molecule has 0 aliphatic carbocycles. The number of hydrogen-bond acceptors (Lipinski definition) is 5. The Morgan fingerprint density at radius 2 is 2.25 bits per heavy atom. The van der Waals surface area contributed by atoms with E-state index in [4.69, 9.17) is 4.52 Å². The Hall–Kier alpha value is -2.18. The molecule has 1 amide bonds. The van der Waals surface area contributed by atoms with Crippen molar-refractivity contribution in [3.8, 4) is 0 Å². The summed E-state index contributed by atoms with van der Waals surface area (Å²) >= 11 is 0. The number of nitrogens with zero attached hydrogens (tertiary/aromatic N) is 5. The average molecular weight is 331 g/mol. The Morgan fingerprint density at radius 1 is 1.42 bits per heavy atom. The number of amides is 1. The lowest BCUT2D eigenvalue weighted by atomic mass is 9.96. The first-order valence-corrected chi connectivity index (χ1v) is 8.66. The van der Waals surface area contributed by atoms with Crippen LogP contribution in [0.25, 0.3) is 0 Å². The van der Waals surface area contributed by atoms with Gasteiger partial charge in [-0.25, -0.2) is 4.98 Å². The molecule has 7 heteroatoms. The fraction of sp³-hybridized carbons (Fsp3) is 0.647. The van der Waals surface area contributed by atoms with E-state index >= 15 is 0 Å². The van der Waals surface area contributed by atoms with Crippen LogP contribution < -0.4 is 0 Å². The normalized spacial score (nSPS) is 18.1. The van der Waals surface area contributed by atoms with Crippen molar-refractivity contribution in [2.24, 2.45) is 7.05 Å². The molecule has 0 unspecified atom stereocenters. The zero-order valence-electron chi connectivity index (χ0n) is 14.7. The predicted molar refractivity (Wildman–Crippen MR) is 88.5 cm³/mol. The van der Waals surface area contributed by atoms with Gasteiger partial charge in [0, 0.05) is 51.5 Å². The molecule has 130 valence electrons. The van der Waals surface area contributed by atoms with E-state index in [9.17, 15) is 4.79 Å². The lowest BCUT2D eigenvalue weighted by Crippen LogP contribution is -2.39. The Balaban J connectivity index is 1.57. The second kappa shape index (κ2) is 7.15. The van der Waals surface area contributed by atoms with Crippen LogP contribution in [0.15, 0.2) is 10.7 Å². The van der Waals surface area contributed by atoms with Crippen molar-refractivity contribution >= 4 is 5.91 Å².